The number of carbonyl (C=O) groups excluding carboxylic acids is 3. The summed E-state index contributed by atoms with van der Waals surface area (Å²) in [6.45, 7) is 6.56. The molecule has 0 saturated carbocycles. The Morgan fingerprint density at radius 2 is 1.94 bits per heavy atom. The molecule has 1 atom stereocenters. The minimum atomic E-state index is -0.566. The Morgan fingerprint density at radius 3 is 2.63 bits per heavy atom. The Labute approximate surface area is 211 Å². The monoisotopic (exact) mass is 498 g/mol. The first kappa shape index (κ1) is 26.5. The molecule has 3 rings (SSSR count). The van der Waals surface area contributed by atoms with Gasteiger partial charge in [-0.1, -0.05) is 17.7 Å². The average molecular weight is 499 g/mol. The van der Waals surface area contributed by atoms with Crippen molar-refractivity contribution in [3.05, 3.63) is 59.3 Å². The van der Waals surface area contributed by atoms with Gasteiger partial charge >= 0.3 is 5.97 Å². The Bertz CT molecular complexity index is 1010. The topological polar surface area (TPSA) is 91.8 Å². The fraction of sp³-hybridized carbons (Fsp3) is 0.462. The van der Waals surface area contributed by atoms with E-state index in [-0.39, 0.29) is 17.8 Å². The lowest BCUT2D eigenvalue weighted by Gasteiger charge is -2.27. The van der Waals surface area contributed by atoms with Crippen LogP contribution in [0.4, 0.5) is 5.82 Å². The van der Waals surface area contributed by atoms with Crippen LogP contribution in [0.2, 0.25) is 0 Å². The maximum Gasteiger partial charge on any atom is 0.339 e. The lowest BCUT2D eigenvalue weighted by atomic mass is 10.1. The van der Waals surface area contributed by atoms with Crippen LogP contribution in [0.15, 0.2) is 42.6 Å². The van der Waals surface area contributed by atoms with E-state index in [1.54, 1.807) is 30.8 Å². The fourth-order valence-corrected chi connectivity index (χ4v) is 4.49. The maximum atomic E-state index is 13.4. The molecule has 0 radical (unpaired) electrons. The molecule has 0 spiro atoms. The van der Waals surface area contributed by atoms with Crippen molar-refractivity contribution in [3.63, 3.8) is 0 Å². The molecule has 8 nitrogen and oxygen atoms in total. The van der Waals surface area contributed by atoms with Gasteiger partial charge in [-0.05, 0) is 63.0 Å². The molecule has 188 valence electrons. The van der Waals surface area contributed by atoms with Gasteiger partial charge in [-0.25, -0.2) is 9.78 Å². The second kappa shape index (κ2) is 13.1. The van der Waals surface area contributed by atoms with Gasteiger partial charge in [0.2, 0.25) is 5.91 Å². The van der Waals surface area contributed by atoms with E-state index < -0.39 is 6.04 Å². The van der Waals surface area contributed by atoms with Gasteiger partial charge in [0.25, 0.3) is 5.91 Å². The van der Waals surface area contributed by atoms with Crippen LogP contribution in [0.5, 0.6) is 0 Å². The van der Waals surface area contributed by atoms with Crippen molar-refractivity contribution in [3.8, 4) is 0 Å². The molecule has 2 heterocycles. The molecular formula is C26H34N4O4S. The van der Waals surface area contributed by atoms with Crippen molar-refractivity contribution in [1.29, 1.82) is 0 Å². The van der Waals surface area contributed by atoms with Gasteiger partial charge < -0.3 is 19.9 Å². The third-order valence-corrected chi connectivity index (χ3v) is 6.53. The van der Waals surface area contributed by atoms with Gasteiger partial charge in [0.05, 0.1) is 12.2 Å². The Morgan fingerprint density at radius 1 is 1.11 bits per heavy atom. The van der Waals surface area contributed by atoms with Crippen molar-refractivity contribution < 1.29 is 19.1 Å². The molecule has 0 aliphatic carbocycles. The first-order valence-corrected chi connectivity index (χ1v) is 13.4. The van der Waals surface area contributed by atoms with Crippen molar-refractivity contribution in [2.45, 2.75) is 32.7 Å². The molecule has 0 bridgehead atoms. The molecule has 1 aromatic carbocycles. The van der Waals surface area contributed by atoms with Gasteiger partial charge in [0.1, 0.15) is 11.9 Å². The summed E-state index contributed by atoms with van der Waals surface area (Å²) in [4.78, 5) is 46.5. The zero-order valence-electron chi connectivity index (χ0n) is 20.7. The number of aryl methyl sites for hydroxylation is 1. The number of hydrogen-bond acceptors (Lipinski definition) is 7. The number of amides is 2. The third kappa shape index (κ3) is 7.45. The zero-order valence-corrected chi connectivity index (χ0v) is 21.5. The second-order valence-corrected chi connectivity index (χ2v) is 9.45. The summed E-state index contributed by atoms with van der Waals surface area (Å²) in [6.07, 6.45) is 4.89. The highest BCUT2D eigenvalue weighted by Gasteiger charge is 2.28. The molecule has 35 heavy (non-hydrogen) atoms. The number of ether oxygens (including phenoxy) is 1. The highest BCUT2D eigenvalue weighted by atomic mass is 32.2. The van der Waals surface area contributed by atoms with Crippen LogP contribution in [0, 0.1) is 6.92 Å². The molecule has 9 heteroatoms. The zero-order chi connectivity index (χ0) is 25.2. The maximum absolute atomic E-state index is 13.4. The molecule has 1 aliphatic rings. The highest BCUT2D eigenvalue weighted by molar-refractivity contribution is 7.98. The summed E-state index contributed by atoms with van der Waals surface area (Å²) in [5.41, 5.74) is 1.98. The Balaban J connectivity index is 1.64. The van der Waals surface area contributed by atoms with E-state index in [1.165, 1.54) is 6.20 Å². The molecule has 2 amide bonds. The van der Waals surface area contributed by atoms with Gasteiger partial charge in [-0.15, -0.1) is 0 Å². The number of anilines is 1. The molecule has 1 fully saturated rings. The van der Waals surface area contributed by atoms with E-state index in [4.69, 9.17) is 4.74 Å². The summed E-state index contributed by atoms with van der Waals surface area (Å²) in [5.74, 6) is 0.881. The highest BCUT2D eigenvalue weighted by Crippen LogP contribution is 2.16. The van der Waals surface area contributed by atoms with Crippen LogP contribution in [0.1, 0.15) is 46.0 Å². The van der Waals surface area contributed by atoms with Crippen molar-refractivity contribution in [1.82, 2.24) is 15.2 Å². The van der Waals surface area contributed by atoms with E-state index >= 15 is 0 Å². The number of benzene rings is 1. The molecule has 2 aromatic rings. The fourth-order valence-electron chi connectivity index (χ4n) is 4.02. The van der Waals surface area contributed by atoms with Crippen LogP contribution in [0.3, 0.4) is 0 Å². The number of carbonyl (C=O) groups is 3. The normalized spacial score (nSPS) is 14.7. The molecule has 1 aromatic heterocycles. The van der Waals surface area contributed by atoms with Crippen LogP contribution >= 0.6 is 11.8 Å². The van der Waals surface area contributed by atoms with Gasteiger partial charge in [0.15, 0.2) is 0 Å². The molecule has 1 unspecified atom stereocenters. The number of rotatable bonds is 9. The summed E-state index contributed by atoms with van der Waals surface area (Å²) in [5, 5.41) is 2.97. The first-order valence-electron chi connectivity index (χ1n) is 12.0. The van der Waals surface area contributed by atoms with Crippen molar-refractivity contribution in [2.75, 3.05) is 49.7 Å². The predicted octanol–water partition coefficient (Wildman–Crippen LogP) is 3.16. The van der Waals surface area contributed by atoms with Crippen molar-refractivity contribution >= 4 is 35.4 Å². The summed E-state index contributed by atoms with van der Waals surface area (Å²) in [6, 6.07) is 10.3. The number of nitrogens with one attached hydrogen (secondary N) is 1. The average Bonchev–Trinajstić information content (AvgIpc) is 3.12. The van der Waals surface area contributed by atoms with E-state index in [0.29, 0.717) is 43.8 Å². The van der Waals surface area contributed by atoms with E-state index in [9.17, 15) is 14.4 Å². The minimum absolute atomic E-state index is 0.0486. The summed E-state index contributed by atoms with van der Waals surface area (Å²) >= 11 is 1.66. The first-order chi connectivity index (χ1) is 16.9. The predicted molar refractivity (Wildman–Crippen MR) is 139 cm³/mol. The quantitative estimate of drug-likeness (QED) is 0.531. The van der Waals surface area contributed by atoms with Gasteiger partial charge in [-0.2, -0.15) is 11.8 Å². The standard InChI is InChI=1S/C26H34N4O4S/c1-4-34-26(33)21-9-10-23(27-18-21)29-12-6-13-30(15-14-29)25(32)22(11-16-35-3)28-24(31)20-8-5-7-19(2)17-20/h5,7-10,17-18,22H,4,6,11-16H2,1-3H3,(H,28,31). The number of esters is 1. The van der Waals surface area contributed by atoms with E-state index in [2.05, 4.69) is 15.2 Å². The second-order valence-electron chi connectivity index (χ2n) is 8.47. The number of hydrogen-bond donors (Lipinski definition) is 1. The van der Waals surface area contributed by atoms with E-state index in [1.807, 2.05) is 42.3 Å². The smallest absolute Gasteiger partial charge is 0.339 e. The lowest BCUT2D eigenvalue weighted by molar-refractivity contribution is -0.133. The largest absolute Gasteiger partial charge is 0.462 e. The third-order valence-electron chi connectivity index (χ3n) is 5.88. The summed E-state index contributed by atoms with van der Waals surface area (Å²) in [7, 11) is 0. The van der Waals surface area contributed by atoms with Gasteiger partial charge in [0, 0.05) is 37.9 Å². The van der Waals surface area contributed by atoms with Crippen molar-refractivity contribution in [2.24, 2.45) is 0 Å². The number of thioether (sulfide) groups is 1. The molecule has 1 N–H and O–H groups in total. The number of pyridine rings is 1. The Kier molecular flexibility index (Phi) is 9.96. The van der Waals surface area contributed by atoms with Crippen LogP contribution < -0.4 is 10.2 Å². The van der Waals surface area contributed by atoms with Crippen LogP contribution in [-0.2, 0) is 9.53 Å². The molecular weight excluding hydrogens is 464 g/mol. The number of aromatic nitrogens is 1. The Hall–Kier alpha value is -3.07. The van der Waals surface area contributed by atoms with Crippen LogP contribution in [0.25, 0.3) is 0 Å². The van der Waals surface area contributed by atoms with Gasteiger partial charge in [-0.3, -0.25) is 9.59 Å². The molecule has 1 aliphatic heterocycles. The molecule has 1 saturated heterocycles. The lowest BCUT2D eigenvalue weighted by Crippen LogP contribution is -2.49. The minimum Gasteiger partial charge on any atom is -0.462 e. The van der Waals surface area contributed by atoms with E-state index in [0.717, 1.165) is 30.1 Å². The SMILES string of the molecule is CCOC(=O)c1ccc(N2CCCN(C(=O)C(CCSC)NC(=O)c3cccc(C)c3)CC2)nc1. The number of nitrogens with zero attached hydrogens (tertiary/aromatic N) is 3. The van der Waals surface area contributed by atoms with Crippen LogP contribution in [-0.4, -0.2) is 78.5 Å². The summed E-state index contributed by atoms with van der Waals surface area (Å²) < 4.78 is 5.02.